The second-order valence-electron chi connectivity index (χ2n) is 3.18. The smallest absolute Gasteiger partial charge is 0.341 e. The summed E-state index contributed by atoms with van der Waals surface area (Å²) in [5, 5.41) is 0. The van der Waals surface area contributed by atoms with Crippen LogP contribution in [0.3, 0.4) is 0 Å². The van der Waals surface area contributed by atoms with Gasteiger partial charge in [-0.15, -0.1) is 0 Å². The third-order valence-electron chi connectivity index (χ3n) is 2.39. The quantitative estimate of drug-likeness (QED) is 0.777. The van der Waals surface area contributed by atoms with Gasteiger partial charge in [-0.3, -0.25) is 0 Å². The highest BCUT2D eigenvalue weighted by Gasteiger charge is 2.18. The number of benzene rings is 1. The van der Waals surface area contributed by atoms with Gasteiger partial charge in [0.2, 0.25) is 0 Å². The normalized spacial score (nSPS) is 9.93. The fourth-order valence-electron chi connectivity index (χ4n) is 1.38. The van der Waals surface area contributed by atoms with Crippen molar-refractivity contribution < 1.29 is 14.3 Å². The maximum absolute atomic E-state index is 11.5. The van der Waals surface area contributed by atoms with E-state index in [4.69, 9.17) is 4.74 Å². The molecule has 0 saturated heterocycles. The molecule has 0 N–H and O–H groups in total. The number of rotatable bonds is 2. The molecule has 0 aliphatic rings. The summed E-state index contributed by atoms with van der Waals surface area (Å²) in [6, 6.07) is 1.72. The van der Waals surface area contributed by atoms with E-state index in [1.165, 1.54) is 7.11 Å². The van der Waals surface area contributed by atoms with Crippen molar-refractivity contribution in [3.8, 4) is 5.75 Å². The van der Waals surface area contributed by atoms with Crippen molar-refractivity contribution in [1.29, 1.82) is 0 Å². The molecule has 1 aromatic carbocycles. The lowest BCUT2D eigenvalue weighted by atomic mass is 10.0. The molecule has 0 amide bonds. The SMILES string of the molecule is COC(=O)c1cc(Br)c(C)c(C)c1OC. The van der Waals surface area contributed by atoms with Gasteiger partial charge in [0.1, 0.15) is 11.3 Å². The van der Waals surface area contributed by atoms with E-state index < -0.39 is 5.97 Å². The zero-order chi connectivity index (χ0) is 11.6. The molecule has 3 nitrogen and oxygen atoms in total. The van der Waals surface area contributed by atoms with E-state index in [9.17, 15) is 4.79 Å². The minimum Gasteiger partial charge on any atom is -0.496 e. The highest BCUT2D eigenvalue weighted by Crippen LogP contribution is 2.32. The Morgan fingerprint density at radius 1 is 1.27 bits per heavy atom. The largest absolute Gasteiger partial charge is 0.496 e. The number of methoxy groups -OCH3 is 2. The van der Waals surface area contributed by atoms with Crippen molar-refractivity contribution in [3.63, 3.8) is 0 Å². The monoisotopic (exact) mass is 272 g/mol. The molecule has 0 aliphatic heterocycles. The molecule has 0 bridgehead atoms. The second-order valence-corrected chi connectivity index (χ2v) is 4.04. The number of esters is 1. The standard InChI is InChI=1S/C11H13BrO3/c1-6-7(2)10(14-3)8(5-9(6)12)11(13)15-4/h5H,1-4H3. The zero-order valence-corrected chi connectivity index (χ0v) is 10.8. The molecule has 0 heterocycles. The Kier molecular flexibility index (Phi) is 3.74. The van der Waals surface area contributed by atoms with Crippen molar-refractivity contribution in [1.82, 2.24) is 0 Å². The number of hydrogen-bond acceptors (Lipinski definition) is 3. The van der Waals surface area contributed by atoms with Gasteiger partial charge < -0.3 is 9.47 Å². The Morgan fingerprint density at radius 3 is 2.33 bits per heavy atom. The van der Waals surface area contributed by atoms with Crippen molar-refractivity contribution in [2.24, 2.45) is 0 Å². The maximum atomic E-state index is 11.5. The van der Waals surface area contributed by atoms with Crippen LogP contribution in [0, 0.1) is 13.8 Å². The lowest BCUT2D eigenvalue weighted by Crippen LogP contribution is -2.06. The van der Waals surface area contributed by atoms with E-state index in [0.29, 0.717) is 11.3 Å². The van der Waals surface area contributed by atoms with E-state index in [1.54, 1.807) is 13.2 Å². The van der Waals surface area contributed by atoms with E-state index >= 15 is 0 Å². The number of halogens is 1. The average Bonchev–Trinajstić information content (AvgIpc) is 2.24. The Labute approximate surface area is 97.5 Å². The van der Waals surface area contributed by atoms with Gasteiger partial charge in [0.25, 0.3) is 0 Å². The summed E-state index contributed by atoms with van der Waals surface area (Å²) < 4.78 is 10.8. The van der Waals surface area contributed by atoms with Crippen molar-refractivity contribution in [2.45, 2.75) is 13.8 Å². The summed E-state index contributed by atoms with van der Waals surface area (Å²) in [6.45, 7) is 3.87. The fraction of sp³-hybridized carbons (Fsp3) is 0.364. The Morgan fingerprint density at radius 2 is 1.87 bits per heavy atom. The van der Waals surface area contributed by atoms with Crippen LogP contribution in [0.25, 0.3) is 0 Å². The van der Waals surface area contributed by atoms with Crippen LogP contribution in [0.4, 0.5) is 0 Å². The van der Waals surface area contributed by atoms with Crippen LogP contribution in [0.15, 0.2) is 10.5 Å². The zero-order valence-electron chi connectivity index (χ0n) is 9.18. The van der Waals surface area contributed by atoms with E-state index in [0.717, 1.165) is 15.6 Å². The molecule has 82 valence electrons. The van der Waals surface area contributed by atoms with Crippen LogP contribution in [-0.4, -0.2) is 20.2 Å². The minimum atomic E-state index is -0.393. The van der Waals surface area contributed by atoms with Crippen LogP contribution in [-0.2, 0) is 4.74 Å². The van der Waals surface area contributed by atoms with Crippen molar-refractivity contribution in [2.75, 3.05) is 14.2 Å². The van der Waals surface area contributed by atoms with Gasteiger partial charge in [-0.05, 0) is 31.0 Å². The predicted molar refractivity (Wildman–Crippen MR) is 61.5 cm³/mol. The van der Waals surface area contributed by atoms with Gasteiger partial charge in [-0.25, -0.2) is 4.79 Å². The number of ether oxygens (including phenoxy) is 2. The molecule has 1 aromatic rings. The summed E-state index contributed by atoms with van der Waals surface area (Å²) >= 11 is 3.39. The summed E-state index contributed by atoms with van der Waals surface area (Å²) in [7, 11) is 2.90. The molecule has 0 fully saturated rings. The van der Waals surface area contributed by atoms with Crippen molar-refractivity contribution in [3.05, 3.63) is 27.2 Å². The van der Waals surface area contributed by atoms with Crippen molar-refractivity contribution >= 4 is 21.9 Å². The third-order valence-corrected chi connectivity index (χ3v) is 3.21. The van der Waals surface area contributed by atoms with Gasteiger partial charge in [0.15, 0.2) is 0 Å². The van der Waals surface area contributed by atoms with Gasteiger partial charge in [-0.1, -0.05) is 15.9 Å². The van der Waals surface area contributed by atoms with Gasteiger partial charge in [0, 0.05) is 4.47 Å². The number of carbonyl (C=O) groups excluding carboxylic acids is 1. The molecule has 0 aromatic heterocycles. The molecule has 0 spiro atoms. The lowest BCUT2D eigenvalue weighted by Gasteiger charge is -2.13. The first kappa shape index (κ1) is 12.0. The molecule has 15 heavy (non-hydrogen) atoms. The first-order valence-corrected chi connectivity index (χ1v) is 5.24. The first-order chi connectivity index (χ1) is 7.02. The summed E-state index contributed by atoms with van der Waals surface area (Å²) in [4.78, 5) is 11.5. The molecule has 0 atom stereocenters. The topological polar surface area (TPSA) is 35.5 Å². The summed E-state index contributed by atoms with van der Waals surface area (Å²) in [5.41, 5.74) is 2.43. The summed E-state index contributed by atoms with van der Waals surface area (Å²) in [5.74, 6) is 0.179. The lowest BCUT2D eigenvalue weighted by molar-refractivity contribution is 0.0597. The predicted octanol–water partition coefficient (Wildman–Crippen LogP) is 2.86. The van der Waals surface area contributed by atoms with Crippen LogP contribution in [0.2, 0.25) is 0 Å². The first-order valence-electron chi connectivity index (χ1n) is 4.45. The molecule has 1 rings (SSSR count). The van der Waals surface area contributed by atoms with E-state index in [1.807, 2.05) is 13.8 Å². The van der Waals surface area contributed by atoms with Crippen LogP contribution >= 0.6 is 15.9 Å². The molecule has 4 heteroatoms. The minimum absolute atomic E-state index is 0.393. The molecular weight excluding hydrogens is 260 g/mol. The number of hydrogen-bond donors (Lipinski definition) is 0. The molecular formula is C11H13BrO3. The van der Waals surface area contributed by atoms with Gasteiger partial charge in [-0.2, -0.15) is 0 Å². The Balaban J connectivity index is 3.45. The van der Waals surface area contributed by atoms with Crippen LogP contribution in [0.5, 0.6) is 5.75 Å². The highest BCUT2D eigenvalue weighted by atomic mass is 79.9. The average molecular weight is 273 g/mol. The molecule has 0 radical (unpaired) electrons. The maximum Gasteiger partial charge on any atom is 0.341 e. The molecule has 0 unspecified atom stereocenters. The van der Waals surface area contributed by atoms with Gasteiger partial charge in [0.05, 0.1) is 14.2 Å². The van der Waals surface area contributed by atoms with Gasteiger partial charge >= 0.3 is 5.97 Å². The second kappa shape index (κ2) is 4.66. The Bertz CT molecular complexity index is 399. The highest BCUT2D eigenvalue weighted by molar-refractivity contribution is 9.10. The fourth-order valence-corrected chi connectivity index (χ4v) is 1.90. The van der Waals surface area contributed by atoms with Crippen LogP contribution < -0.4 is 4.74 Å². The van der Waals surface area contributed by atoms with E-state index in [2.05, 4.69) is 20.7 Å². The molecule has 0 saturated carbocycles. The van der Waals surface area contributed by atoms with E-state index in [-0.39, 0.29) is 0 Å². The number of carbonyl (C=O) groups is 1. The third kappa shape index (κ3) is 2.15. The van der Waals surface area contributed by atoms with Crippen LogP contribution in [0.1, 0.15) is 21.5 Å². The molecule has 0 aliphatic carbocycles. The summed E-state index contributed by atoms with van der Waals surface area (Å²) in [6.07, 6.45) is 0. The Hall–Kier alpha value is -1.03.